The molecule has 1 aliphatic rings. The first kappa shape index (κ1) is 23.4. The molecule has 4 aromatic rings. The van der Waals surface area contributed by atoms with Crippen LogP contribution < -0.4 is 4.90 Å². The minimum atomic E-state index is -0.0940. The van der Waals surface area contributed by atoms with E-state index in [1.807, 2.05) is 0 Å². The van der Waals surface area contributed by atoms with Crippen LogP contribution in [0.25, 0.3) is 22.3 Å². The molecule has 0 atom stereocenters. The maximum absolute atomic E-state index is 2.55. The molecule has 1 heteroatoms. The fourth-order valence-electron chi connectivity index (χ4n) is 5.75. The highest BCUT2D eigenvalue weighted by Crippen LogP contribution is 2.52. The topological polar surface area (TPSA) is 3.24 Å². The molecule has 5 rings (SSSR count). The zero-order valence-corrected chi connectivity index (χ0v) is 22.5. The Hall–Kier alpha value is -3.32. The van der Waals surface area contributed by atoms with Crippen molar-refractivity contribution in [2.45, 2.75) is 66.3 Å². The Morgan fingerprint density at radius 3 is 1.94 bits per heavy atom. The third-order valence-electron chi connectivity index (χ3n) is 7.62. The van der Waals surface area contributed by atoms with Gasteiger partial charge in [0, 0.05) is 22.3 Å². The van der Waals surface area contributed by atoms with E-state index in [9.17, 15) is 0 Å². The molecule has 35 heavy (non-hydrogen) atoms. The molecule has 1 aliphatic carbocycles. The Morgan fingerprint density at radius 1 is 0.600 bits per heavy atom. The van der Waals surface area contributed by atoms with E-state index in [0.717, 1.165) is 0 Å². The summed E-state index contributed by atoms with van der Waals surface area (Å²) in [5, 5.41) is 0. The predicted molar refractivity (Wildman–Crippen MR) is 152 cm³/mol. The summed E-state index contributed by atoms with van der Waals surface area (Å²) in [6.45, 7) is 18.4. The zero-order chi connectivity index (χ0) is 25.1. The van der Waals surface area contributed by atoms with Gasteiger partial charge in [-0.1, -0.05) is 86.1 Å². The second-order valence-electron chi connectivity index (χ2n) is 11.7. The largest absolute Gasteiger partial charge is 0.336 e. The van der Waals surface area contributed by atoms with Crippen LogP contribution in [0.15, 0.2) is 78.9 Å². The summed E-state index contributed by atoms with van der Waals surface area (Å²) in [7, 11) is 0. The molecule has 1 nitrogen and oxygen atoms in total. The number of fused-ring (bicyclic) bond motifs is 3. The highest BCUT2D eigenvalue weighted by molar-refractivity contribution is 5.86. The number of hydrogen-bond acceptors (Lipinski definition) is 1. The van der Waals surface area contributed by atoms with Crippen molar-refractivity contribution >= 4 is 11.4 Å². The molecule has 0 saturated carbocycles. The quantitative estimate of drug-likeness (QED) is 0.295. The Bertz CT molecular complexity index is 1420. The van der Waals surface area contributed by atoms with Gasteiger partial charge in [-0.15, -0.1) is 0 Å². The highest BCUT2D eigenvalue weighted by Gasteiger charge is 2.37. The lowest BCUT2D eigenvalue weighted by Crippen LogP contribution is -2.38. The molecule has 0 N–H and O–H groups in total. The summed E-state index contributed by atoms with van der Waals surface area (Å²) in [6, 6.07) is 29.4. The molecule has 178 valence electrons. The molecule has 0 radical (unpaired) electrons. The Balaban J connectivity index is 1.73. The number of rotatable bonds is 3. The molecule has 4 aromatic carbocycles. The first-order chi connectivity index (χ1) is 16.5. The Kier molecular flexibility index (Phi) is 5.44. The van der Waals surface area contributed by atoms with E-state index < -0.39 is 0 Å². The average molecular weight is 460 g/mol. The number of nitrogens with zero attached hydrogens (tertiary/aromatic N) is 1. The molecule has 0 fully saturated rings. The molecule has 0 aromatic heterocycles. The van der Waals surface area contributed by atoms with Gasteiger partial charge in [0.2, 0.25) is 0 Å². The van der Waals surface area contributed by atoms with Gasteiger partial charge < -0.3 is 4.90 Å². The molecule has 0 spiro atoms. The Labute approximate surface area is 211 Å². The van der Waals surface area contributed by atoms with Gasteiger partial charge in [0.25, 0.3) is 0 Å². The lowest BCUT2D eigenvalue weighted by atomic mass is 9.81. The van der Waals surface area contributed by atoms with E-state index >= 15 is 0 Å². The molecule has 0 aliphatic heterocycles. The number of aryl methyl sites for hydroxylation is 3. The summed E-state index contributed by atoms with van der Waals surface area (Å²) in [5.74, 6) is 0. The molecule has 0 amide bonds. The van der Waals surface area contributed by atoms with Crippen LogP contribution in [0.3, 0.4) is 0 Å². The van der Waals surface area contributed by atoms with E-state index in [1.165, 1.54) is 61.4 Å². The fourth-order valence-corrected chi connectivity index (χ4v) is 5.75. The number of benzene rings is 4. The maximum atomic E-state index is 2.55. The van der Waals surface area contributed by atoms with Crippen molar-refractivity contribution in [3.05, 3.63) is 107 Å². The van der Waals surface area contributed by atoms with Gasteiger partial charge in [-0.3, -0.25) is 0 Å². The smallest absolute Gasteiger partial charge is 0.0451 e. The van der Waals surface area contributed by atoms with Gasteiger partial charge in [0.15, 0.2) is 0 Å². The summed E-state index contributed by atoms with van der Waals surface area (Å²) in [6.07, 6.45) is 0. The van der Waals surface area contributed by atoms with Crippen LogP contribution in [0.1, 0.15) is 62.4 Å². The second kappa shape index (κ2) is 8.12. The highest BCUT2D eigenvalue weighted by atomic mass is 15.2. The van der Waals surface area contributed by atoms with Crippen LogP contribution in [0.2, 0.25) is 0 Å². The van der Waals surface area contributed by atoms with Crippen LogP contribution in [-0.4, -0.2) is 5.54 Å². The van der Waals surface area contributed by atoms with E-state index in [1.54, 1.807) is 0 Å². The van der Waals surface area contributed by atoms with Gasteiger partial charge >= 0.3 is 0 Å². The van der Waals surface area contributed by atoms with Gasteiger partial charge in [-0.05, 0) is 98.2 Å². The lowest BCUT2D eigenvalue weighted by molar-refractivity contribution is 0.558. The van der Waals surface area contributed by atoms with Gasteiger partial charge in [0.05, 0.1) is 0 Å². The lowest BCUT2D eigenvalue weighted by Gasteiger charge is -2.40. The van der Waals surface area contributed by atoms with Crippen LogP contribution in [0.4, 0.5) is 11.4 Å². The minimum absolute atomic E-state index is 0.00960. The third kappa shape index (κ3) is 3.88. The van der Waals surface area contributed by atoms with Crippen molar-refractivity contribution in [1.82, 2.24) is 0 Å². The van der Waals surface area contributed by atoms with Crippen LogP contribution >= 0.6 is 0 Å². The molecular formula is C34H37N. The van der Waals surface area contributed by atoms with Crippen molar-refractivity contribution in [3.63, 3.8) is 0 Å². The van der Waals surface area contributed by atoms with Crippen molar-refractivity contribution < 1.29 is 0 Å². The average Bonchev–Trinajstić information content (AvgIpc) is 3.01. The molecule has 0 saturated heterocycles. The second-order valence-corrected chi connectivity index (χ2v) is 11.7. The summed E-state index contributed by atoms with van der Waals surface area (Å²) < 4.78 is 0. The maximum Gasteiger partial charge on any atom is 0.0451 e. The molecule has 0 bridgehead atoms. The molecular weight excluding hydrogens is 422 g/mol. The first-order valence-electron chi connectivity index (χ1n) is 12.7. The standard InChI is InChI=1S/C34H37N/c1-22-14-17-27-28-21-32(24(3)19-30(28)34(7,8)29(27)18-22)35(33(4,5)6)31-20-26(16-15-23(31)2)25-12-10-9-11-13-25/h9-21H,1-8H3. The first-order valence-corrected chi connectivity index (χ1v) is 12.7. The minimum Gasteiger partial charge on any atom is -0.336 e. The molecule has 0 heterocycles. The van der Waals surface area contributed by atoms with Gasteiger partial charge in [0.1, 0.15) is 0 Å². The SMILES string of the molecule is Cc1ccc2c(c1)C(C)(C)c1cc(C)c(N(c3cc(-c4ccccc4)ccc3C)C(C)(C)C)cc1-2. The summed E-state index contributed by atoms with van der Waals surface area (Å²) in [4.78, 5) is 2.55. The van der Waals surface area contributed by atoms with Crippen LogP contribution in [0, 0.1) is 20.8 Å². The predicted octanol–water partition coefficient (Wildman–Crippen LogP) is 9.52. The third-order valence-corrected chi connectivity index (χ3v) is 7.62. The van der Waals surface area contributed by atoms with E-state index in [2.05, 4.69) is 139 Å². The van der Waals surface area contributed by atoms with Crippen molar-refractivity contribution in [2.24, 2.45) is 0 Å². The number of hydrogen-bond donors (Lipinski definition) is 0. The van der Waals surface area contributed by atoms with Gasteiger partial charge in [-0.2, -0.15) is 0 Å². The Morgan fingerprint density at radius 2 is 1.26 bits per heavy atom. The monoisotopic (exact) mass is 459 g/mol. The summed E-state index contributed by atoms with van der Waals surface area (Å²) >= 11 is 0. The molecule has 0 unspecified atom stereocenters. The fraction of sp³-hybridized carbons (Fsp3) is 0.294. The van der Waals surface area contributed by atoms with E-state index in [4.69, 9.17) is 0 Å². The van der Waals surface area contributed by atoms with Crippen LogP contribution in [-0.2, 0) is 5.41 Å². The van der Waals surface area contributed by atoms with Crippen molar-refractivity contribution in [3.8, 4) is 22.3 Å². The van der Waals surface area contributed by atoms with Gasteiger partial charge in [-0.25, -0.2) is 0 Å². The normalized spacial score (nSPS) is 13.9. The zero-order valence-electron chi connectivity index (χ0n) is 22.5. The van der Waals surface area contributed by atoms with Crippen molar-refractivity contribution in [1.29, 1.82) is 0 Å². The number of anilines is 2. The van der Waals surface area contributed by atoms with Crippen molar-refractivity contribution in [2.75, 3.05) is 4.90 Å². The summed E-state index contributed by atoms with van der Waals surface area (Å²) in [5.41, 5.74) is 14.5. The van der Waals surface area contributed by atoms with Crippen LogP contribution in [0.5, 0.6) is 0 Å². The van der Waals surface area contributed by atoms with E-state index in [-0.39, 0.29) is 11.0 Å². The van der Waals surface area contributed by atoms with E-state index in [0.29, 0.717) is 0 Å².